The number of thiazole rings is 1. The van der Waals surface area contributed by atoms with Gasteiger partial charge in [-0.3, -0.25) is 4.79 Å². The van der Waals surface area contributed by atoms with E-state index in [0.29, 0.717) is 39.4 Å². The molecule has 1 aliphatic carbocycles. The van der Waals surface area contributed by atoms with E-state index in [1.807, 2.05) is 6.07 Å². The molecule has 2 aromatic heterocycles. The number of ether oxygens (including phenoxy) is 2. The largest absolute Gasteiger partial charge is 0.490 e. The van der Waals surface area contributed by atoms with Crippen molar-refractivity contribution in [2.75, 3.05) is 26.8 Å². The lowest BCUT2D eigenvalue weighted by atomic mass is 9.82. The van der Waals surface area contributed by atoms with Gasteiger partial charge in [0.1, 0.15) is 22.9 Å². The molecule has 1 fully saturated rings. The van der Waals surface area contributed by atoms with Crippen LogP contribution in [0, 0.1) is 11.7 Å². The van der Waals surface area contributed by atoms with Gasteiger partial charge in [-0.1, -0.05) is 18.3 Å². The van der Waals surface area contributed by atoms with Crippen LogP contribution in [0.5, 0.6) is 10.9 Å². The highest BCUT2D eigenvalue weighted by Crippen LogP contribution is 2.46. The molecule has 2 aliphatic rings. The number of Topliss-reactive ketones (excluding diaryl/α,β-unsaturated/α-hetero) is 1. The van der Waals surface area contributed by atoms with Gasteiger partial charge in [0.05, 0.1) is 30.5 Å². The average Bonchev–Trinajstić information content (AvgIpc) is 3.47. The summed E-state index contributed by atoms with van der Waals surface area (Å²) in [4.78, 5) is 22.1. The molecule has 3 heterocycles. The second-order valence-corrected chi connectivity index (χ2v) is 11.5. The number of carbonyl (C=O) groups is 1. The van der Waals surface area contributed by atoms with Gasteiger partial charge in [0.2, 0.25) is 0 Å². The Hall–Kier alpha value is -2.88. The maximum absolute atomic E-state index is 13.7. The zero-order chi connectivity index (χ0) is 26.2. The number of methoxy groups -OCH3 is 1. The Bertz CT molecular complexity index is 1290. The predicted molar refractivity (Wildman–Crippen MR) is 140 cm³/mol. The average molecular weight is 526 g/mol. The lowest BCUT2D eigenvalue weighted by Gasteiger charge is -2.27. The van der Waals surface area contributed by atoms with E-state index in [1.165, 1.54) is 49.6 Å². The molecule has 5 rings (SSSR count). The first kappa shape index (κ1) is 25.8. The molecule has 196 valence electrons. The van der Waals surface area contributed by atoms with Crippen LogP contribution in [-0.2, 0) is 11.0 Å². The fourth-order valence-electron chi connectivity index (χ4n) is 4.63. The fourth-order valence-corrected chi connectivity index (χ4v) is 5.32. The monoisotopic (exact) mass is 525 g/mol. The Morgan fingerprint density at radius 1 is 1.35 bits per heavy atom. The minimum absolute atomic E-state index is 0.113. The van der Waals surface area contributed by atoms with Crippen molar-refractivity contribution < 1.29 is 23.8 Å². The summed E-state index contributed by atoms with van der Waals surface area (Å²) in [5.74, 6) is 0.967. The number of aliphatic hydroxyl groups is 1. The Morgan fingerprint density at radius 3 is 2.78 bits per heavy atom. The minimum Gasteiger partial charge on any atom is -0.490 e. The van der Waals surface area contributed by atoms with Crippen LogP contribution in [0.15, 0.2) is 36.5 Å². The molecule has 9 heteroatoms. The number of nitrogens with zero attached hydrogens (tertiary/aromatic N) is 2. The third-order valence-electron chi connectivity index (χ3n) is 7.25. The third-order valence-corrected chi connectivity index (χ3v) is 8.25. The number of pyridine rings is 1. The molecule has 0 spiro atoms. The summed E-state index contributed by atoms with van der Waals surface area (Å²) in [5.41, 5.74) is 0.995. The van der Waals surface area contributed by atoms with E-state index in [0.717, 1.165) is 24.6 Å². The summed E-state index contributed by atoms with van der Waals surface area (Å²) in [7, 11) is 1.51. The Morgan fingerprint density at radius 2 is 2.11 bits per heavy atom. The lowest BCUT2D eigenvalue weighted by Crippen LogP contribution is -2.38. The maximum Gasteiger partial charge on any atom is 0.273 e. The van der Waals surface area contributed by atoms with E-state index in [2.05, 4.69) is 17.2 Å². The van der Waals surface area contributed by atoms with Crippen LogP contribution in [0.2, 0.25) is 0 Å². The fraction of sp³-hybridized carbons (Fsp3) is 0.464. The molecule has 0 unspecified atom stereocenters. The number of halogens is 1. The van der Waals surface area contributed by atoms with Gasteiger partial charge in [0, 0.05) is 29.5 Å². The summed E-state index contributed by atoms with van der Waals surface area (Å²) in [5, 5.41) is 15.6. The van der Waals surface area contributed by atoms with Gasteiger partial charge in [-0.25, -0.2) is 14.4 Å². The predicted octanol–water partition coefficient (Wildman–Crippen LogP) is 4.87. The van der Waals surface area contributed by atoms with Crippen molar-refractivity contribution in [3.05, 3.63) is 58.5 Å². The Balaban J connectivity index is 1.45. The van der Waals surface area contributed by atoms with Gasteiger partial charge in [0.25, 0.3) is 5.19 Å². The van der Waals surface area contributed by atoms with Gasteiger partial charge in [-0.2, -0.15) is 0 Å². The van der Waals surface area contributed by atoms with Crippen LogP contribution in [-0.4, -0.2) is 47.7 Å². The molecule has 0 radical (unpaired) electrons. The molecule has 37 heavy (non-hydrogen) atoms. The van der Waals surface area contributed by atoms with Gasteiger partial charge in [-0.05, 0) is 69.0 Å². The molecule has 1 aromatic carbocycles. The van der Waals surface area contributed by atoms with E-state index >= 15 is 0 Å². The number of aromatic nitrogens is 2. The summed E-state index contributed by atoms with van der Waals surface area (Å²) < 4.78 is 24.9. The van der Waals surface area contributed by atoms with E-state index in [9.17, 15) is 14.3 Å². The molecule has 2 atom stereocenters. The topological polar surface area (TPSA) is 93.6 Å². The Labute approximate surface area is 220 Å². The standard InChI is InChI=1S/C28H32FN3O4S/c1-27(15-30-13-17-4-5-17)16-36-25-20(27)12-23(32-24(25)18-6-8-19(29)9-7-18)28(2,34)11-10-21(33)22-14-31-26(35-3)37-22/h6-9,12,14,17,30,34H,4-5,10-11,13,15-16H2,1-3H3/t27-,28-/m0/s1. The van der Waals surface area contributed by atoms with E-state index in [4.69, 9.17) is 14.5 Å². The smallest absolute Gasteiger partial charge is 0.273 e. The molecule has 1 saturated carbocycles. The van der Waals surface area contributed by atoms with Crippen molar-refractivity contribution in [1.29, 1.82) is 0 Å². The molecule has 7 nitrogen and oxygen atoms in total. The number of hydrogen-bond donors (Lipinski definition) is 2. The van der Waals surface area contributed by atoms with Gasteiger partial charge < -0.3 is 19.9 Å². The number of nitrogens with one attached hydrogen (secondary N) is 1. The first-order valence-electron chi connectivity index (χ1n) is 12.6. The molecule has 0 saturated heterocycles. The van der Waals surface area contributed by atoms with Crippen molar-refractivity contribution in [2.24, 2.45) is 5.92 Å². The summed E-state index contributed by atoms with van der Waals surface area (Å²) >= 11 is 1.18. The number of benzene rings is 1. The second-order valence-electron chi connectivity index (χ2n) is 10.6. The Kier molecular flexibility index (Phi) is 7.04. The van der Waals surface area contributed by atoms with Gasteiger partial charge >= 0.3 is 0 Å². The highest BCUT2D eigenvalue weighted by atomic mass is 32.1. The van der Waals surface area contributed by atoms with Crippen molar-refractivity contribution >= 4 is 17.1 Å². The molecular formula is C28H32FN3O4S. The number of hydrogen-bond acceptors (Lipinski definition) is 8. The first-order chi connectivity index (χ1) is 17.7. The summed E-state index contributed by atoms with van der Waals surface area (Å²) in [6, 6.07) is 8.03. The molecule has 0 amide bonds. The quantitative estimate of drug-likeness (QED) is 0.345. The first-order valence-corrected chi connectivity index (χ1v) is 13.4. The van der Waals surface area contributed by atoms with Crippen LogP contribution in [0.1, 0.15) is 60.5 Å². The molecule has 0 bridgehead atoms. The van der Waals surface area contributed by atoms with E-state index in [1.54, 1.807) is 19.1 Å². The number of ketones is 1. The summed E-state index contributed by atoms with van der Waals surface area (Å²) in [6.07, 6.45) is 4.35. The highest BCUT2D eigenvalue weighted by Gasteiger charge is 2.41. The molecular weight excluding hydrogens is 493 g/mol. The van der Waals surface area contributed by atoms with Crippen molar-refractivity contribution in [3.63, 3.8) is 0 Å². The normalized spacial score (nSPS) is 20.2. The zero-order valence-electron chi connectivity index (χ0n) is 21.3. The van der Waals surface area contributed by atoms with Gasteiger partial charge in [0.15, 0.2) is 5.78 Å². The summed E-state index contributed by atoms with van der Waals surface area (Å²) in [6.45, 7) is 6.02. The number of rotatable bonds is 11. The second kappa shape index (κ2) is 10.1. The molecule has 1 aliphatic heterocycles. The lowest BCUT2D eigenvalue weighted by molar-refractivity contribution is 0.0397. The van der Waals surface area contributed by atoms with Crippen molar-refractivity contribution in [1.82, 2.24) is 15.3 Å². The van der Waals surface area contributed by atoms with Crippen LogP contribution in [0.4, 0.5) is 4.39 Å². The molecule has 2 N–H and O–H groups in total. The van der Waals surface area contributed by atoms with Crippen LogP contribution >= 0.6 is 11.3 Å². The van der Waals surface area contributed by atoms with E-state index < -0.39 is 5.60 Å². The van der Waals surface area contributed by atoms with Crippen molar-refractivity contribution in [3.8, 4) is 22.2 Å². The highest BCUT2D eigenvalue weighted by molar-refractivity contribution is 7.15. The third kappa shape index (κ3) is 5.54. The SMILES string of the molecule is COc1ncc(C(=O)CC[C@](C)(O)c2cc3c(c(-c4ccc(F)cc4)n2)OC[C@]3(C)CNCC2CC2)s1. The van der Waals surface area contributed by atoms with Crippen LogP contribution in [0.25, 0.3) is 11.3 Å². The number of carbonyl (C=O) groups excluding carboxylic acids is 1. The van der Waals surface area contributed by atoms with Crippen LogP contribution in [0.3, 0.4) is 0 Å². The number of fused-ring (bicyclic) bond motifs is 1. The van der Waals surface area contributed by atoms with Crippen LogP contribution < -0.4 is 14.8 Å². The van der Waals surface area contributed by atoms with E-state index in [-0.39, 0.29) is 29.9 Å². The van der Waals surface area contributed by atoms with Crippen molar-refractivity contribution in [2.45, 2.75) is 50.5 Å². The minimum atomic E-state index is -1.38. The zero-order valence-corrected chi connectivity index (χ0v) is 22.2. The maximum atomic E-state index is 13.7. The molecule has 3 aromatic rings. The van der Waals surface area contributed by atoms with Gasteiger partial charge in [-0.15, -0.1) is 0 Å².